The highest BCUT2D eigenvalue weighted by molar-refractivity contribution is 6.15. The van der Waals surface area contributed by atoms with E-state index in [0.717, 1.165) is 11.1 Å². The molecule has 3 heterocycles. The molecule has 6 heteroatoms. The molecule has 0 saturated heterocycles. The van der Waals surface area contributed by atoms with Crippen LogP contribution in [0.2, 0.25) is 0 Å². The van der Waals surface area contributed by atoms with E-state index in [1.165, 1.54) is 0 Å². The number of cyclic esters (lactones) is 1. The van der Waals surface area contributed by atoms with E-state index in [0.29, 0.717) is 17.0 Å². The molecule has 6 nitrogen and oxygen atoms in total. The standard InChI is InChI=1S/C19H13N3O3/c1-12-16(17(22-25-12)14-7-3-2-4-8-14)18-21-15(19(23)24-18)10-13-6-5-9-20-11-13/h2-11H,1H3/b15-10-. The van der Waals surface area contributed by atoms with Gasteiger partial charge in [0, 0.05) is 18.0 Å². The number of hydrogen-bond donors (Lipinski definition) is 0. The second kappa shape index (κ2) is 6.16. The average molecular weight is 331 g/mol. The molecule has 0 bridgehead atoms. The van der Waals surface area contributed by atoms with Gasteiger partial charge in [0.1, 0.15) is 17.0 Å². The number of aromatic nitrogens is 2. The van der Waals surface area contributed by atoms with Crippen LogP contribution in [0.25, 0.3) is 17.3 Å². The predicted octanol–water partition coefficient (Wildman–Crippen LogP) is 3.39. The highest BCUT2D eigenvalue weighted by Crippen LogP contribution is 2.29. The Morgan fingerprint density at radius 3 is 2.68 bits per heavy atom. The lowest BCUT2D eigenvalue weighted by molar-refractivity contribution is -0.129. The van der Waals surface area contributed by atoms with Gasteiger partial charge in [0.25, 0.3) is 0 Å². The van der Waals surface area contributed by atoms with Crippen LogP contribution in [0.4, 0.5) is 0 Å². The molecule has 0 amide bonds. The van der Waals surface area contributed by atoms with Crippen LogP contribution in [0.15, 0.2) is 70.1 Å². The molecule has 0 unspecified atom stereocenters. The Morgan fingerprint density at radius 1 is 1.08 bits per heavy atom. The Balaban J connectivity index is 1.77. The van der Waals surface area contributed by atoms with Crippen molar-refractivity contribution in [2.45, 2.75) is 6.92 Å². The molecule has 0 fully saturated rings. The zero-order valence-corrected chi connectivity index (χ0v) is 13.3. The van der Waals surface area contributed by atoms with Gasteiger partial charge >= 0.3 is 5.97 Å². The van der Waals surface area contributed by atoms with Crippen molar-refractivity contribution in [1.29, 1.82) is 0 Å². The van der Waals surface area contributed by atoms with Gasteiger partial charge in [0.05, 0.1) is 0 Å². The normalized spacial score (nSPS) is 15.3. The van der Waals surface area contributed by atoms with E-state index in [2.05, 4.69) is 15.1 Å². The van der Waals surface area contributed by atoms with E-state index in [1.54, 1.807) is 31.5 Å². The topological polar surface area (TPSA) is 77.6 Å². The summed E-state index contributed by atoms with van der Waals surface area (Å²) in [6, 6.07) is 13.2. The number of aliphatic imine (C=N–C) groups is 1. The van der Waals surface area contributed by atoms with Crippen LogP contribution in [0.1, 0.15) is 16.9 Å². The number of esters is 1. The third-order valence-corrected chi connectivity index (χ3v) is 3.73. The molecular formula is C19H13N3O3. The highest BCUT2D eigenvalue weighted by atomic mass is 16.6. The van der Waals surface area contributed by atoms with Gasteiger partial charge in [0.2, 0.25) is 5.90 Å². The van der Waals surface area contributed by atoms with E-state index < -0.39 is 5.97 Å². The Labute approximate surface area is 143 Å². The summed E-state index contributed by atoms with van der Waals surface area (Å²) in [5.41, 5.74) is 3.01. The summed E-state index contributed by atoms with van der Waals surface area (Å²) < 4.78 is 10.7. The average Bonchev–Trinajstić information content (AvgIpc) is 3.19. The quantitative estimate of drug-likeness (QED) is 0.543. The van der Waals surface area contributed by atoms with Crippen molar-refractivity contribution in [3.63, 3.8) is 0 Å². The number of aryl methyl sites for hydroxylation is 1. The van der Waals surface area contributed by atoms with Crippen molar-refractivity contribution in [3.05, 3.63) is 77.4 Å². The molecule has 0 radical (unpaired) electrons. The number of benzene rings is 1. The second-order valence-corrected chi connectivity index (χ2v) is 5.45. The van der Waals surface area contributed by atoms with E-state index in [1.807, 2.05) is 36.4 Å². The van der Waals surface area contributed by atoms with Crippen molar-refractivity contribution in [2.24, 2.45) is 4.99 Å². The third kappa shape index (κ3) is 2.85. The molecule has 0 saturated carbocycles. The third-order valence-electron chi connectivity index (χ3n) is 3.73. The van der Waals surface area contributed by atoms with Gasteiger partial charge in [-0.15, -0.1) is 0 Å². The largest absolute Gasteiger partial charge is 0.402 e. The lowest BCUT2D eigenvalue weighted by Gasteiger charge is -2.01. The molecule has 2 aromatic heterocycles. The zero-order valence-electron chi connectivity index (χ0n) is 13.3. The zero-order chi connectivity index (χ0) is 17.2. The first-order valence-electron chi connectivity index (χ1n) is 7.67. The maximum atomic E-state index is 12.2. The molecular weight excluding hydrogens is 318 g/mol. The van der Waals surface area contributed by atoms with Crippen molar-refractivity contribution >= 4 is 17.9 Å². The van der Waals surface area contributed by atoms with Gasteiger partial charge in [-0.2, -0.15) is 0 Å². The Morgan fingerprint density at radius 2 is 1.92 bits per heavy atom. The molecule has 3 aromatic rings. The molecule has 122 valence electrons. The fourth-order valence-electron chi connectivity index (χ4n) is 2.55. The van der Waals surface area contributed by atoms with Crippen LogP contribution in [-0.4, -0.2) is 22.0 Å². The van der Waals surface area contributed by atoms with Crippen molar-refractivity contribution in [3.8, 4) is 11.3 Å². The number of ether oxygens (including phenoxy) is 1. The van der Waals surface area contributed by atoms with Crippen LogP contribution < -0.4 is 0 Å². The van der Waals surface area contributed by atoms with E-state index in [-0.39, 0.29) is 11.6 Å². The maximum Gasteiger partial charge on any atom is 0.363 e. The van der Waals surface area contributed by atoms with Crippen LogP contribution in [0.3, 0.4) is 0 Å². The van der Waals surface area contributed by atoms with E-state index in [9.17, 15) is 4.79 Å². The van der Waals surface area contributed by atoms with E-state index in [4.69, 9.17) is 9.26 Å². The SMILES string of the molecule is Cc1onc(-c2ccccc2)c1C1=N/C(=C\c2cccnc2)C(=O)O1. The summed E-state index contributed by atoms with van der Waals surface area (Å²) in [7, 11) is 0. The fraction of sp³-hybridized carbons (Fsp3) is 0.0526. The van der Waals surface area contributed by atoms with Crippen LogP contribution >= 0.6 is 0 Å². The summed E-state index contributed by atoms with van der Waals surface area (Å²) in [5.74, 6) is 0.212. The Bertz CT molecular complexity index is 989. The van der Waals surface area contributed by atoms with Crippen molar-refractivity contribution < 1.29 is 14.1 Å². The summed E-state index contributed by atoms with van der Waals surface area (Å²) in [5, 5.41) is 4.09. The first-order valence-corrected chi connectivity index (χ1v) is 7.67. The van der Waals surface area contributed by atoms with Gasteiger partial charge in [-0.25, -0.2) is 9.79 Å². The smallest absolute Gasteiger partial charge is 0.363 e. The molecule has 1 aliphatic rings. The van der Waals surface area contributed by atoms with Gasteiger partial charge in [-0.3, -0.25) is 4.98 Å². The Hall–Kier alpha value is -3.54. The summed E-state index contributed by atoms with van der Waals surface area (Å²) >= 11 is 0. The molecule has 0 spiro atoms. The van der Waals surface area contributed by atoms with Crippen molar-refractivity contribution in [1.82, 2.24) is 10.1 Å². The molecule has 1 aliphatic heterocycles. The minimum Gasteiger partial charge on any atom is -0.402 e. The molecule has 4 rings (SSSR count). The number of nitrogens with zero attached hydrogens (tertiary/aromatic N) is 3. The van der Waals surface area contributed by atoms with Gasteiger partial charge in [-0.1, -0.05) is 41.6 Å². The van der Waals surface area contributed by atoms with Crippen molar-refractivity contribution in [2.75, 3.05) is 0 Å². The van der Waals surface area contributed by atoms with Gasteiger partial charge < -0.3 is 9.26 Å². The number of pyridine rings is 1. The predicted molar refractivity (Wildman–Crippen MR) is 91.5 cm³/mol. The minimum absolute atomic E-state index is 0.192. The minimum atomic E-state index is -0.515. The second-order valence-electron chi connectivity index (χ2n) is 5.45. The lowest BCUT2D eigenvalue weighted by atomic mass is 10.1. The molecule has 1 aromatic carbocycles. The maximum absolute atomic E-state index is 12.2. The molecule has 0 atom stereocenters. The van der Waals surface area contributed by atoms with Crippen LogP contribution in [0, 0.1) is 6.92 Å². The first-order chi connectivity index (χ1) is 12.2. The molecule has 25 heavy (non-hydrogen) atoms. The van der Waals surface area contributed by atoms with E-state index >= 15 is 0 Å². The monoisotopic (exact) mass is 331 g/mol. The molecule has 0 aliphatic carbocycles. The fourth-order valence-corrected chi connectivity index (χ4v) is 2.55. The summed E-state index contributed by atoms with van der Waals surface area (Å²) in [6.45, 7) is 1.76. The number of rotatable bonds is 3. The molecule has 0 N–H and O–H groups in total. The van der Waals surface area contributed by atoms with Gasteiger partial charge in [0.15, 0.2) is 5.70 Å². The Kier molecular flexibility index (Phi) is 3.70. The lowest BCUT2D eigenvalue weighted by Crippen LogP contribution is -2.07. The number of carbonyl (C=O) groups excluding carboxylic acids is 1. The summed E-state index contributed by atoms with van der Waals surface area (Å²) in [6.07, 6.45) is 4.94. The number of hydrogen-bond acceptors (Lipinski definition) is 6. The first kappa shape index (κ1) is 15.0. The van der Waals surface area contributed by atoms with Crippen LogP contribution in [0.5, 0.6) is 0 Å². The summed E-state index contributed by atoms with van der Waals surface area (Å²) in [4.78, 5) is 20.5. The number of carbonyl (C=O) groups is 1. The van der Waals surface area contributed by atoms with Gasteiger partial charge in [-0.05, 0) is 24.6 Å². The highest BCUT2D eigenvalue weighted by Gasteiger charge is 2.30. The van der Waals surface area contributed by atoms with Crippen LogP contribution in [-0.2, 0) is 9.53 Å².